The van der Waals surface area contributed by atoms with Crippen LogP contribution in [0.2, 0.25) is 0 Å². The van der Waals surface area contributed by atoms with E-state index in [0.29, 0.717) is 58.2 Å². The number of fused-ring (bicyclic) bond motifs is 3. The SMILES string of the molecule is CCCC1CCC(c2ccc3c(F)c(-c4ccc(C)c(F)c4F)ccc3c2)CC1.CCCC1CCC(c2ccc3cc(-c4ccc(C)c(F)c4F)ccc3c2)CC1.CCCC1CCc2cc(-c3ccc(C)c(F)c3F)c(F)c(F)c2C1. The molecule has 426 valence electrons. The van der Waals surface area contributed by atoms with Crippen LogP contribution in [0.4, 0.5) is 39.5 Å². The maximum Gasteiger partial charge on any atom is 0.167 e. The average molecular weight is 1110 g/mol. The smallest absolute Gasteiger partial charge is 0.167 e. The first-order valence-corrected chi connectivity index (χ1v) is 29.6. The highest BCUT2D eigenvalue weighted by Gasteiger charge is 2.29. The van der Waals surface area contributed by atoms with E-state index >= 15 is 4.39 Å². The summed E-state index contributed by atoms with van der Waals surface area (Å²) in [5, 5.41) is 3.50. The molecule has 0 spiro atoms. The van der Waals surface area contributed by atoms with E-state index in [4.69, 9.17) is 0 Å². The Morgan fingerprint density at radius 1 is 0.346 bits per heavy atom. The Kier molecular flexibility index (Phi) is 19.2. The molecule has 0 radical (unpaired) electrons. The van der Waals surface area contributed by atoms with Crippen LogP contribution in [0.25, 0.3) is 54.9 Å². The molecule has 2 fully saturated rings. The normalized spacial score (nSPS) is 18.9. The fourth-order valence-electron chi connectivity index (χ4n) is 13.2. The third-order valence-corrected chi connectivity index (χ3v) is 18.0. The van der Waals surface area contributed by atoms with Gasteiger partial charge in [0.15, 0.2) is 46.5 Å². The van der Waals surface area contributed by atoms with E-state index in [1.807, 2.05) is 30.3 Å². The fourth-order valence-corrected chi connectivity index (χ4v) is 13.2. The van der Waals surface area contributed by atoms with E-state index < -0.39 is 52.4 Å². The minimum Gasteiger partial charge on any atom is -0.206 e. The molecule has 8 aromatic carbocycles. The lowest BCUT2D eigenvalue weighted by Crippen LogP contribution is -2.17. The lowest BCUT2D eigenvalue weighted by Gasteiger charge is -2.28. The predicted octanol–water partition coefficient (Wildman–Crippen LogP) is 22.6. The van der Waals surface area contributed by atoms with Crippen molar-refractivity contribution in [1.82, 2.24) is 0 Å². The van der Waals surface area contributed by atoms with Crippen molar-refractivity contribution in [3.05, 3.63) is 200 Å². The number of halogens is 9. The Hall–Kier alpha value is -6.35. The van der Waals surface area contributed by atoms with Gasteiger partial charge in [-0.2, -0.15) is 0 Å². The minimum atomic E-state index is -1.13. The summed E-state index contributed by atoms with van der Waals surface area (Å²) >= 11 is 0. The molecule has 0 N–H and O–H groups in total. The van der Waals surface area contributed by atoms with Crippen LogP contribution in [0.15, 0.2) is 109 Å². The van der Waals surface area contributed by atoms with Gasteiger partial charge in [-0.05, 0) is 194 Å². The first-order valence-electron chi connectivity index (χ1n) is 29.6. The molecule has 0 bridgehead atoms. The van der Waals surface area contributed by atoms with Crippen LogP contribution in [0.1, 0.15) is 168 Å². The Labute approximate surface area is 473 Å². The van der Waals surface area contributed by atoms with Crippen LogP contribution in [0, 0.1) is 90.9 Å². The molecule has 3 aliphatic carbocycles. The largest absolute Gasteiger partial charge is 0.206 e. The molecule has 0 nitrogen and oxygen atoms in total. The predicted molar refractivity (Wildman–Crippen MR) is 314 cm³/mol. The zero-order valence-electron chi connectivity index (χ0n) is 47.7. The maximum absolute atomic E-state index is 15.2. The van der Waals surface area contributed by atoms with Gasteiger partial charge in [-0.1, -0.05) is 156 Å². The van der Waals surface area contributed by atoms with Crippen molar-refractivity contribution in [2.24, 2.45) is 17.8 Å². The zero-order chi connectivity index (χ0) is 57.6. The highest BCUT2D eigenvalue weighted by molar-refractivity contribution is 5.90. The molecule has 0 amide bonds. The third-order valence-electron chi connectivity index (χ3n) is 18.0. The Bertz CT molecular complexity index is 3520. The number of benzene rings is 8. The second-order valence-electron chi connectivity index (χ2n) is 23.5. The number of hydrogen-bond acceptors (Lipinski definition) is 0. The monoisotopic (exact) mass is 1110 g/mol. The first-order chi connectivity index (χ1) is 39.0. The van der Waals surface area contributed by atoms with Gasteiger partial charge in [0.2, 0.25) is 0 Å². The summed E-state index contributed by atoms with van der Waals surface area (Å²) in [6.45, 7) is 11.1. The van der Waals surface area contributed by atoms with Crippen molar-refractivity contribution in [3.63, 3.8) is 0 Å². The molecule has 1 atom stereocenters. The van der Waals surface area contributed by atoms with Crippen molar-refractivity contribution >= 4 is 21.5 Å². The quantitative estimate of drug-likeness (QED) is 0.113. The van der Waals surface area contributed by atoms with Crippen molar-refractivity contribution in [2.75, 3.05) is 0 Å². The van der Waals surface area contributed by atoms with E-state index in [0.717, 1.165) is 47.4 Å². The zero-order valence-corrected chi connectivity index (χ0v) is 47.7. The molecule has 0 aliphatic heterocycles. The lowest BCUT2D eigenvalue weighted by molar-refractivity contribution is 0.308. The van der Waals surface area contributed by atoms with Gasteiger partial charge < -0.3 is 0 Å². The topological polar surface area (TPSA) is 0 Å². The molecule has 3 aliphatic rings. The van der Waals surface area contributed by atoms with Gasteiger partial charge in [-0.25, -0.2) is 39.5 Å². The summed E-state index contributed by atoms with van der Waals surface area (Å²) in [7, 11) is 0. The Morgan fingerprint density at radius 2 is 0.765 bits per heavy atom. The Morgan fingerprint density at radius 3 is 1.32 bits per heavy atom. The number of rotatable bonds is 11. The van der Waals surface area contributed by atoms with Crippen LogP contribution in [-0.2, 0) is 12.8 Å². The van der Waals surface area contributed by atoms with E-state index in [1.54, 1.807) is 31.2 Å². The van der Waals surface area contributed by atoms with E-state index in [2.05, 4.69) is 45.0 Å². The third kappa shape index (κ3) is 13.0. The number of hydrogen-bond donors (Lipinski definition) is 0. The molecule has 0 heterocycles. The standard InChI is InChI=1S/C26H27F3.C26H28F2.C20H20F4/c1-3-4-17-6-8-18(9-7-17)19-10-13-21-20(15-19)11-14-22(25(21)28)23-12-5-16(2)24(27)26(23)29;1-3-4-18-6-8-19(9-7-18)20-10-11-22-16-23(13-12-21(22)15-20)24-14-5-17(2)25(27)26(24)28;1-3-4-12-6-7-13-10-16(20(24)19(23)15(13)9-12)14-8-5-11(2)17(21)18(14)22/h5,10-15,17-18H,3-4,6-9H2,1-2H3;5,10-16,18-19H,3-4,6-9H2,1-2H3;5,8,10,12H,3-4,6-7,9H2,1-2H3. The van der Waals surface area contributed by atoms with Gasteiger partial charge in [0.05, 0.1) is 0 Å². The highest BCUT2D eigenvalue weighted by Crippen LogP contribution is 2.42. The second kappa shape index (κ2) is 26.3. The number of aryl methyl sites for hydroxylation is 4. The van der Waals surface area contributed by atoms with Crippen molar-refractivity contribution in [2.45, 2.75) is 163 Å². The summed E-state index contributed by atoms with van der Waals surface area (Å²) in [5.74, 6) is -4.79. The molecule has 2 saturated carbocycles. The minimum absolute atomic E-state index is 0.0363. The molecule has 81 heavy (non-hydrogen) atoms. The van der Waals surface area contributed by atoms with Gasteiger partial charge in [0.25, 0.3) is 0 Å². The molecule has 0 saturated heterocycles. The summed E-state index contributed by atoms with van der Waals surface area (Å²) in [6, 6.07) is 32.2. The van der Waals surface area contributed by atoms with E-state index in [-0.39, 0.29) is 33.4 Å². The van der Waals surface area contributed by atoms with Crippen LogP contribution in [0.5, 0.6) is 0 Å². The Balaban J connectivity index is 0.000000147. The molecular weight excluding hydrogens is 1040 g/mol. The van der Waals surface area contributed by atoms with Crippen LogP contribution >= 0.6 is 0 Å². The second-order valence-corrected chi connectivity index (χ2v) is 23.5. The fraction of sp³-hybridized carbons (Fsp3) is 0.389. The van der Waals surface area contributed by atoms with E-state index in [9.17, 15) is 35.1 Å². The van der Waals surface area contributed by atoms with Gasteiger partial charge in [-0.15, -0.1) is 0 Å². The van der Waals surface area contributed by atoms with Gasteiger partial charge in [0, 0.05) is 33.2 Å². The van der Waals surface area contributed by atoms with Crippen molar-refractivity contribution in [3.8, 4) is 33.4 Å². The molecule has 1 unspecified atom stereocenters. The lowest BCUT2D eigenvalue weighted by atomic mass is 9.77. The van der Waals surface area contributed by atoms with Gasteiger partial charge >= 0.3 is 0 Å². The molecule has 8 aromatic rings. The average Bonchev–Trinajstić information content (AvgIpc) is 3.68. The maximum atomic E-state index is 15.2. The summed E-state index contributed by atoms with van der Waals surface area (Å²) in [4.78, 5) is 0. The first kappa shape index (κ1) is 59.3. The van der Waals surface area contributed by atoms with Gasteiger partial charge in [0.1, 0.15) is 5.82 Å². The molecule has 0 aromatic heterocycles. The van der Waals surface area contributed by atoms with E-state index in [1.165, 1.54) is 138 Å². The molecular formula is C72H75F9. The van der Waals surface area contributed by atoms with Crippen molar-refractivity contribution in [1.29, 1.82) is 0 Å². The van der Waals surface area contributed by atoms with Crippen LogP contribution in [0.3, 0.4) is 0 Å². The molecule has 9 heteroatoms. The van der Waals surface area contributed by atoms with Gasteiger partial charge in [-0.3, -0.25) is 0 Å². The highest BCUT2D eigenvalue weighted by atomic mass is 19.2. The summed E-state index contributed by atoms with van der Waals surface area (Å²) in [5.41, 5.74) is 5.14. The van der Waals surface area contributed by atoms with Crippen molar-refractivity contribution < 1.29 is 39.5 Å². The summed E-state index contributed by atoms with van der Waals surface area (Å²) in [6.07, 6.45) is 19.4. The summed E-state index contributed by atoms with van der Waals surface area (Å²) < 4.78 is 129. The van der Waals surface area contributed by atoms with Crippen LogP contribution < -0.4 is 0 Å². The van der Waals surface area contributed by atoms with Crippen LogP contribution in [-0.4, -0.2) is 0 Å². The molecule has 11 rings (SSSR count).